The van der Waals surface area contributed by atoms with Gasteiger partial charge in [0, 0.05) is 11.3 Å². The van der Waals surface area contributed by atoms with Crippen molar-refractivity contribution in [2.75, 3.05) is 11.2 Å². The van der Waals surface area contributed by atoms with Crippen LogP contribution in [0.3, 0.4) is 0 Å². The van der Waals surface area contributed by atoms with Crippen LogP contribution in [0.1, 0.15) is 30.0 Å². The Labute approximate surface area is 132 Å². The maximum Gasteiger partial charge on any atom is 0.237 e. The van der Waals surface area contributed by atoms with E-state index in [2.05, 4.69) is 15.5 Å². The number of thioether (sulfide) groups is 1. The molecule has 0 saturated heterocycles. The number of carbonyl (C=O) groups excluding carboxylic acids is 2. The van der Waals surface area contributed by atoms with Gasteiger partial charge in [-0.05, 0) is 32.9 Å². The van der Waals surface area contributed by atoms with Crippen molar-refractivity contribution in [3.63, 3.8) is 0 Å². The van der Waals surface area contributed by atoms with E-state index in [-0.39, 0.29) is 11.7 Å². The van der Waals surface area contributed by atoms with Crippen molar-refractivity contribution in [2.45, 2.75) is 31.2 Å². The molecule has 0 unspecified atom stereocenters. The molecule has 1 amide bonds. The van der Waals surface area contributed by atoms with Crippen LogP contribution in [0.2, 0.25) is 0 Å². The summed E-state index contributed by atoms with van der Waals surface area (Å²) in [5.41, 5.74) is 1.13. The number of anilines is 1. The Kier molecular flexibility index (Phi) is 4.81. The Balaban J connectivity index is 2.04. The van der Waals surface area contributed by atoms with Gasteiger partial charge in [0.15, 0.2) is 5.78 Å². The van der Waals surface area contributed by atoms with Crippen molar-refractivity contribution >= 4 is 29.1 Å². The van der Waals surface area contributed by atoms with Crippen molar-refractivity contribution in [2.24, 2.45) is 0 Å². The van der Waals surface area contributed by atoms with Crippen LogP contribution in [0.5, 0.6) is 0 Å². The van der Waals surface area contributed by atoms with Gasteiger partial charge in [0.1, 0.15) is 5.82 Å². The van der Waals surface area contributed by atoms with E-state index in [4.69, 9.17) is 5.84 Å². The van der Waals surface area contributed by atoms with Gasteiger partial charge in [-0.1, -0.05) is 23.9 Å². The number of ketones is 1. The zero-order valence-electron chi connectivity index (χ0n) is 12.5. The largest absolute Gasteiger partial charge is 0.336 e. The normalized spacial score (nSPS) is 12.0. The van der Waals surface area contributed by atoms with Crippen LogP contribution in [-0.2, 0) is 4.79 Å². The van der Waals surface area contributed by atoms with Crippen LogP contribution < -0.4 is 11.2 Å². The molecular weight excluding hydrogens is 302 g/mol. The highest BCUT2D eigenvalue weighted by atomic mass is 32.2. The van der Waals surface area contributed by atoms with Crippen LogP contribution >= 0.6 is 11.8 Å². The van der Waals surface area contributed by atoms with E-state index in [1.807, 2.05) is 0 Å². The van der Waals surface area contributed by atoms with E-state index in [1.54, 1.807) is 38.1 Å². The third-order valence-electron chi connectivity index (χ3n) is 3.02. The number of nitrogens with zero attached hydrogens (tertiary/aromatic N) is 3. The molecule has 0 fully saturated rings. The number of nitrogen functional groups attached to an aromatic ring is 1. The topological polar surface area (TPSA) is 103 Å². The van der Waals surface area contributed by atoms with Gasteiger partial charge in [-0.25, -0.2) is 4.68 Å². The van der Waals surface area contributed by atoms with E-state index in [1.165, 1.54) is 23.4 Å². The predicted octanol–water partition coefficient (Wildman–Crippen LogP) is 1.62. The number of hydrogen-bond donors (Lipinski definition) is 2. The zero-order chi connectivity index (χ0) is 16.3. The number of nitrogens with one attached hydrogen (secondary N) is 1. The number of aryl methyl sites for hydroxylation is 1. The fourth-order valence-corrected chi connectivity index (χ4v) is 2.52. The van der Waals surface area contributed by atoms with Gasteiger partial charge in [-0.2, -0.15) is 0 Å². The summed E-state index contributed by atoms with van der Waals surface area (Å²) in [7, 11) is 0. The molecule has 0 saturated carbocycles. The maximum atomic E-state index is 12.2. The van der Waals surface area contributed by atoms with E-state index in [9.17, 15) is 9.59 Å². The molecule has 2 aromatic rings. The predicted molar refractivity (Wildman–Crippen MR) is 85.3 cm³/mol. The monoisotopic (exact) mass is 319 g/mol. The second kappa shape index (κ2) is 6.61. The first-order chi connectivity index (χ1) is 10.4. The summed E-state index contributed by atoms with van der Waals surface area (Å²) < 4.78 is 1.34. The summed E-state index contributed by atoms with van der Waals surface area (Å²) in [4.78, 5) is 23.6. The average Bonchev–Trinajstić information content (AvgIpc) is 2.79. The molecule has 3 N–H and O–H groups in total. The number of hydrogen-bond acceptors (Lipinski definition) is 6. The second-order valence-corrected chi connectivity index (χ2v) is 6.09. The summed E-state index contributed by atoms with van der Waals surface area (Å²) in [5.74, 6) is 6.08. The van der Waals surface area contributed by atoms with Gasteiger partial charge in [0.05, 0.1) is 5.25 Å². The molecule has 0 bridgehead atoms. The second-order valence-electron chi connectivity index (χ2n) is 4.79. The molecule has 1 atom stereocenters. The minimum absolute atomic E-state index is 0.0507. The van der Waals surface area contributed by atoms with Gasteiger partial charge in [0.25, 0.3) is 0 Å². The first-order valence-corrected chi connectivity index (χ1v) is 7.52. The summed E-state index contributed by atoms with van der Waals surface area (Å²) in [5, 5.41) is 10.6. The highest BCUT2D eigenvalue weighted by Gasteiger charge is 2.18. The van der Waals surface area contributed by atoms with Crippen LogP contribution in [-0.4, -0.2) is 31.8 Å². The first-order valence-electron chi connectivity index (χ1n) is 6.64. The fourth-order valence-electron chi connectivity index (χ4n) is 1.70. The molecule has 1 heterocycles. The molecule has 22 heavy (non-hydrogen) atoms. The van der Waals surface area contributed by atoms with Gasteiger partial charge >= 0.3 is 0 Å². The van der Waals surface area contributed by atoms with Gasteiger partial charge < -0.3 is 11.2 Å². The molecule has 0 aliphatic heterocycles. The first kappa shape index (κ1) is 16.0. The molecule has 1 aromatic carbocycles. The zero-order valence-corrected chi connectivity index (χ0v) is 13.3. The van der Waals surface area contributed by atoms with Gasteiger partial charge in [-0.3, -0.25) is 9.59 Å². The quantitative estimate of drug-likeness (QED) is 0.493. The number of aromatic nitrogens is 3. The smallest absolute Gasteiger partial charge is 0.237 e. The number of nitrogens with two attached hydrogens (primary N) is 1. The van der Waals surface area contributed by atoms with E-state index >= 15 is 0 Å². The minimum atomic E-state index is -0.410. The molecule has 7 nitrogen and oxygen atoms in total. The fraction of sp³-hybridized carbons (Fsp3) is 0.286. The number of amides is 1. The van der Waals surface area contributed by atoms with Crippen LogP contribution in [0.25, 0.3) is 0 Å². The molecule has 0 spiro atoms. The lowest BCUT2D eigenvalue weighted by Gasteiger charge is -2.11. The highest BCUT2D eigenvalue weighted by Crippen LogP contribution is 2.22. The maximum absolute atomic E-state index is 12.2. The summed E-state index contributed by atoms with van der Waals surface area (Å²) >= 11 is 1.21. The van der Waals surface area contributed by atoms with Crippen molar-refractivity contribution < 1.29 is 9.59 Å². The third kappa shape index (κ3) is 3.64. The highest BCUT2D eigenvalue weighted by molar-refractivity contribution is 8.00. The average molecular weight is 319 g/mol. The molecule has 0 aliphatic carbocycles. The van der Waals surface area contributed by atoms with Gasteiger partial charge in [0.2, 0.25) is 11.1 Å². The Morgan fingerprint density at radius 2 is 2.09 bits per heavy atom. The van der Waals surface area contributed by atoms with Crippen molar-refractivity contribution in [3.8, 4) is 0 Å². The number of benzene rings is 1. The van der Waals surface area contributed by atoms with Crippen molar-refractivity contribution in [1.29, 1.82) is 0 Å². The minimum Gasteiger partial charge on any atom is -0.336 e. The summed E-state index contributed by atoms with van der Waals surface area (Å²) in [6.45, 7) is 4.96. The Morgan fingerprint density at radius 1 is 1.36 bits per heavy atom. The summed E-state index contributed by atoms with van der Waals surface area (Å²) in [6, 6.07) is 6.81. The number of rotatable bonds is 5. The Hall–Kier alpha value is -2.35. The van der Waals surface area contributed by atoms with Crippen LogP contribution in [0.15, 0.2) is 29.4 Å². The number of Topliss-reactive ketones (excluding diaryl/α,β-unsaturated/α-hetero) is 1. The van der Waals surface area contributed by atoms with E-state index in [0.717, 1.165) is 0 Å². The standard InChI is InChI=1S/C14H17N5O2S/c1-8(20)11-5-4-6-12(7-11)16-13(21)9(2)22-14-18-17-10(3)19(14)15/h4-7,9H,15H2,1-3H3,(H,16,21)/t9-/m1/s1. The molecule has 1 aromatic heterocycles. The summed E-state index contributed by atoms with van der Waals surface area (Å²) in [6.07, 6.45) is 0. The molecule has 8 heteroatoms. The Bertz CT molecular complexity index is 713. The lowest BCUT2D eigenvalue weighted by molar-refractivity contribution is -0.115. The molecule has 116 valence electrons. The molecule has 0 radical (unpaired) electrons. The van der Waals surface area contributed by atoms with Crippen LogP contribution in [0, 0.1) is 6.92 Å². The van der Waals surface area contributed by atoms with Gasteiger partial charge in [-0.15, -0.1) is 10.2 Å². The van der Waals surface area contributed by atoms with Crippen molar-refractivity contribution in [1.82, 2.24) is 14.9 Å². The molecule has 2 rings (SSSR count). The molecule has 0 aliphatic rings. The molecular formula is C14H17N5O2S. The lowest BCUT2D eigenvalue weighted by Crippen LogP contribution is -2.23. The Morgan fingerprint density at radius 3 is 2.68 bits per heavy atom. The van der Waals surface area contributed by atoms with E-state index < -0.39 is 5.25 Å². The van der Waals surface area contributed by atoms with Crippen molar-refractivity contribution in [3.05, 3.63) is 35.7 Å². The number of carbonyl (C=O) groups is 2. The van der Waals surface area contributed by atoms with Crippen LogP contribution in [0.4, 0.5) is 5.69 Å². The lowest BCUT2D eigenvalue weighted by atomic mass is 10.1. The SMILES string of the molecule is CC(=O)c1cccc(NC(=O)[C@@H](C)Sc2nnc(C)n2N)c1. The van der Waals surface area contributed by atoms with E-state index in [0.29, 0.717) is 22.2 Å². The third-order valence-corrected chi connectivity index (χ3v) is 4.08.